The van der Waals surface area contributed by atoms with E-state index in [1.807, 2.05) is 0 Å². The van der Waals surface area contributed by atoms with Crippen LogP contribution in [0.1, 0.15) is 113 Å². The molecule has 0 nitrogen and oxygen atoms in total. The lowest BCUT2D eigenvalue weighted by Gasteiger charge is -2.43. The van der Waals surface area contributed by atoms with Crippen molar-refractivity contribution in [2.75, 3.05) is 0 Å². The van der Waals surface area contributed by atoms with E-state index in [0.717, 1.165) is 23.7 Å². The topological polar surface area (TPSA) is 0 Å². The molecule has 4 rings (SSSR count). The molecule has 2 fully saturated rings. The van der Waals surface area contributed by atoms with Crippen molar-refractivity contribution in [2.24, 2.45) is 23.7 Å². The predicted octanol–water partition coefficient (Wildman–Crippen LogP) is 15.9. The van der Waals surface area contributed by atoms with E-state index in [2.05, 4.69) is 106 Å². The van der Waals surface area contributed by atoms with Crippen LogP contribution < -0.4 is 0 Å². The molecule has 0 aromatic heterocycles. The summed E-state index contributed by atoms with van der Waals surface area (Å²) in [7, 11) is 0. The van der Waals surface area contributed by atoms with Gasteiger partial charge in [0.1, 0.15) is 0 Å². The summed E-state index contributed by atoms with van der Waals surface area (Å²) in [6.45, 7) is 23.5. The number of benzene rings is 2. The summed E-state index contributed by atoms with van der Waals surface area (Å²) in [4.78, 5) is 0. The van der Waals surface area contributed by atoms with Gasteiger partial charge in [-0.2, -0.15) is 0 Å². The van der Waals surface area contributed by atoms with Gasteiger partial charge in [-0.1, -0.05) is 84.4 Å². The highest BCUT2D eigenvalue weighted by atomic mass is 20.0. The molecule has 286 valence electrons. The van der Waals surface area contributed by atoms with Gasteiger partial charge < -0.3 is 0 Å². The van der Waals surface area contributed by atoms with Gasteiger partial charge in [0.2, 0.25) is 0 Å². The van der Waals surface area contributed by atoms with E-state index in [1.165, 1.54) is 60.8 Å². The lowest BCUT2D eigenvalue weighted by atomic mass is 9.61. The molecule has 0 heterocycles. The Morgan fingerprint density at radius 3 is 1.19 bits per heavy atom. The van der Waals surface area contributed by atoms with Crippen molar-refractivity contribution in [3.63, 3.8) is 0 Å². The Labute approximate surface area is 276 Å². The molecule has 0 N–H and O–H groups in total. The van der Waals surface area contributed by atoms with Crippen LogP contribution in [0.3, 0.4) is 0 Å². The second kappa shape index (κ2) is 31.7. The first-order valence-electron chi connectivity index (χ1n) is 15.0. The maximum Gasteiger partial charge on any atom is 0 e. The normalized spacial score (nSPS) is 24.8. The van der Waals surface area contributed by atoms with Crippen molar-refractivity contribution >= 4 is 0 Å². The van der Waals surface area contributed by atoms with E-state index in [-0.39, 0.29) is 0 Å². The number of aryl methyl sites for hydroxylation is 4. The Bertz CT molecular complexity index is 1010. The van der Waals surface area contributed by atoms with Gasteiger partial charge in [0, 0.05) is 64.0 Å². The number of hydrogen-bond acceptors (Lipinski definition) is 0. The molecule has 2 aromatic carbocycles. The summed E-state index contributed by atoms with van der Waals surface area (Å²) in [5, 5.41) is 0. The summed E-state index contributed by atoms with van der Waals surface area (Å²) in [5.74, 6) is 3.39. The zero-order valence-corrected chi connectivity index (χ0v) is 29.3. The van der Waals surface area contributed by atoms with Crippen LogP contribution in [-0.2, 0) is 10.8 Å². The molecule has 0 amide bonds. The quantitative estimate of drug-likeness (QED) is 0.270. The molecular formula is C34H52F14. The fourth-order valence-corrected chi connectivity index (χ4v) is 6.68. The van der Waals surface area contributed by atoms with Crippen LogP contribution >= 0.6 is 0 Å². The average molecular weight is 727 g/mol. The standard InChI is InChI=1S/2C17H26.7F2/c1-12-6-8-15(4)17(5,11-12)16-9-7-13(2)14(3)10-16;1-12-8-9-17(5,15(4)10-12)16-7-6-13(2)14(3)11-16;7*1-2/h7,9-10,12,15H,6,8,11H2,1-5H3;6-7,11-12,15H,8-10H2,1-5H3;;;;;;;. The van der Waals surface area contributed by atoms with Crippen molar-refractivity contribution in [2.45, 2.75) is 119 Å². The van der Waals surface area contributed by atoms with E-state index in [1.54, 1.807) is 11.1 Å². The van der Waals surface area contributed by atoms with Gasteiger partial charge in [0.25, 0.3) is 0 Å². The molecule has 0 saturated heterocycles. The molecule has 2 aromatic rings. The minimum absolute atomic E-state index is 0.385. The third-order valence-corrected chi connectivity index (χ3v) is 10.3. The third kappa shape index (κ3) is 17.2. The smallest absolute Gasteiger partial charge is 0 e. The molecule has 48 heavy (non-hydrogen) atoms. The number of rotatable bonds is 2. The van der Waals surface area contributed by atoms with E-state index in [0.29, 0.717) is 10.8 Å². The monoisotopic (exact) mass is 726 g/mol. The molecule has 2 aliphatic rings. The lowest BCUT2D eigenvalue weighted by molar-refractivity contribution is 0.108. The van der Waals surface area contributed by atoms with Gasteiger partial charge in [0.05, 0.1) is 0 Å². The van der Waals surface area contributed by atoms with Gasteiger partial charge in [0.15, 0.2) is 0 Å². The fraction of sp³-hybridized carbons (Fsp3) is 0.647. The van der Waals surface area contributed by atoms with E-state index in [4.69, 9.17) is 64.0 Å². The Morgan fingerprint density at radius 1 is 0.458 bits per heavy atom. The van der Waals surface area contributed by atoms with Gasteiger partial charge in [-0.3, -0.25) is 0 Å². The maximum atomic E-state index is 8.00. The van der Waals surface area contributed by atoms with Crippen LogP contribution in [0.25, 0.3) is 0 Å². The van der Waals surface area contributed by atoms with Crippen LogP contribution in [-0.4, -0.2) is 0 Å². The van der Waals surface area contributed by atoms with E-state index >= 15 is 0 Å². The largest absolute Gasteiger partial charge is 0.0625 e. The minimum atomic E-state index is 0.385. The van der Waals surface area contributed by atoms with Crippen LogP contribution in [0.4, 0.5) is 64.0 Å². The van der Waals surface area contributed by atoms with Crippen LogP contribution in [0.5, 0.6) is 0 Å². The van der Waals surface area contributed by atoms with E-state index < -0.39 is 0 Å². The predicted molar refractivity (Wildman–Crippen MR) is 166 cm³/mol. The minimum Gasteiger partial charge on any atom is -0.0625 e. The Morgan fingerprint density at radius 2 is 0.833 bits per heavy atom. The third-order valence-electron chi connectivity index (χ3n) is 10.3. The lowest BCUT2D eigenvalue weighted by Crippen LogP contribution is -2.36. The summed E-state index contributed by atoms with van der Waals surface area (Å²) in [6, 6.07) is 14.1. The van der Waals surface area contributed by atoms with Crippen LogP contribution in [0, 0.1) is 51.4 Å². The molecule has 6 unspecified atom stereocenters. The molecule has 14 heteroatoms. The first-order chi connectivity index (χ1) is 22.9. The van der Waals surface area contributed by atoms with E-state index in [9.17, 15) is 0 Å². The zero-order chi connectivity index (χ0) is 39.3. The molecule has 0 spiro atoms. The molecule has 2 aliphatic carbocycles. The SMILES string of the molecule is Cc1ccc(C2(C)CC(C)CCC2C)cc1C.Cc1ccc(C2(C)CCC(C)CC2C)cc1C.FF.FF.FF.FF.FF.FF.FF. The van der Waals surface area contributed by atoms with Crippen molar-refractivity contribution in [3.8, 4) is 0 Å². The highest BCUT2D eigenvalue weighted by Crippen LogP contribution is 2.46. The van der Waals surface area contributed by atoms with Crippen LogP contribution in [0.2, 0.25) is 0 Å². The second-order valence-electron chi connectivity index (χ2n) is 13.0. The number of halogens is 14. The molecule has 0 radical (unpaired) electrons. The fourth-order valence-electron chi connectivity index (χ4n) is 6.68. The van der Waals surface area contributed by atoms with Crippen molar-refractivity contribution in [1.82, 2.24) is 0 Å². The maximum absolute atomic E-state index is 8.00. The molecule has 6 atom stereocenters. The number of hydrogen-bond donors (Lipinski definition) is 0. The Hall–Kier alpha value is -2.54. The van der Waals surface area contributed by atoms with Gasteiger partial charge in [-0.25, -0.2) is 0 Å². The molecule has 0 aliphatic heterocycles. The summed E-state index contributed by atoms with van der Waals surface area (Å²) in [6.07, 6.45) is 8.23. The zero-order valence-electron chi connectivity index (χ0n) is 29.3. The summed E-state index contributed by atoms with van der Waals surface area (Å²) < 4.78 is 112. The van der Waals surface area contributed by atoms with Crippen molar-refractivity contribution < 1.29 is 64.0 Å². The first kappa shape index (κ1) is 54.9. The Kier molecular flexibility index (Phi) is 36.3. The molecule has 2 saturated carbocycles. The first-order valence-corrected chi connectivity index (χ1v) is 15.0. The van der Waals surface area contributed by atoms with Crippen molar-refractivity contribution in [3.05, 3.63) is 69.8 Å². The summed E-state index contributed by atoms with van der Waals surface area (Å²) >= 11 is 0. The van der Waals surface area contributed by atoms with Gasteiger partial charge in [-0.15, -0.1) is 0 Å². The second-order valence-corrected chi connectivity index (χ2v) is 13.0. The van der Waals surface area contributed by atoms with Crippen LogP contribution in [0.15, 0.2) is 36.4 Å². The van der Waals surface area contributed by atoms with Gasteiger partial charge in [-0.05, 0) is 128 Å². The van der Waals surface area contributed by atoms with Gasteiger partial charge >= 0.3 is 0 Å². The highest BCUT2D eigenvalue weighted by molar-refractivity contribution is 5.36. The molecule has 0 bridgehead atoms. The molecular weight excluding hydrogens is 674 g/mol. The van der Waals surface area contributed by atoms with Crippen molar-refractivity contribution in [1.29, 1.82) is 0 Å². The summed E-state index contributed by atoms with van der Waals surface area (Å²) in [5.41, 5.74) is 9.59. The Balaban J connectivity index is -0.000000188. The highest BCUT2D eigenvalue weighted by Gasteiger charge is 2.38. The average Bonchev–Trinajstić information content (AvgIpc) is 3.13.